The zero-order valence-corrected chi connectivity index (χ0v) is 14.0. The largest absolute Gasteiger partial charge is 0.295 e. The molecule has 0 amide bonds. The smallest absolute Gasteiger partial charge is 0.243 e. The molecule has 0 N–H and O–H groups in total. The number of hydrogen-bond donors (Lipinski definition) is 0. The summed E-state index contributed by atoms with van der Waals surface area (Å²) in [5.41, 5.74) is 1.40. The Morgan fingerprint density at radius 1 is 1.18 bits per heavy atom. The summed E-state index contributed by atoms with van der Waals surface area (Å²) in [6.07, 6.45) is 3.16. The van der Waals surface area contributed by atoms with Crippen LogP contribution >= 0.6 is 0 Å². The van der Waals surface area contributed by atoms with Crippen LogP contribution in [0, 0.1) is 12.8 Å². The number of ketones is 1. The topological polar surface area (TPSA) is 54.2 Å². The lowest BCUT2D eigenvalue weighted by molar-refractivity contribution is -0.117. The highest BCUT2D eigenvalue weighted by atomic mass is 32.2. The van der Waals surface area contributed by atoms with Crippen molar-refractivity contribution in [2.24, 2.45) is 5.92 Å². The maximum absolute atomic E-state index is 12.7. The third-order valence-electron chi connectivity index (χ3n) is 5.00. The second-order valence-corrected chi connectivity index (χ2v) is 8.49. The molecule has 0 radical (unpaired) electrons. The lowest BCUT2D eigenvalue weighted by Crippen LogP contribution is -2.32. The number of carbonyl (C=O) groups excluding carboxylic acids is 1. The number of rotatable bonds is 3. The zero-order valence-electron chi connectivity index (χ0n) is 13.2. The first-order valence-corrected chi connectivity index (χ1v) is 8.98. The maximum atomic E-state index is 12.7. The molecule has 1 aromatic carbocycles. The van der Waals surface area contributed by atoms with Crippen LogP contribution in [-0.4, -0.2) is 30.6 Å². The van der Waals surface area contributed by atoms with Gasteiger partial charge in [-0.15, -0.1) is 0 Å². The lowest BCUT2D eigenvalue weighted by Gasteiger charge is -2.26. The zero-order chi connectivity index (χ0) is 16.1. The molecule has 22 heavy (non-hydrogen) atoms. The van der Waals surface area contributed by atoms with Gasteiger partial charge in [-0.1, -0.05) is 23.8 Å². The highest BCUT2D eigenvalue weighted by molar-refractivity contribution is 7.89. The molecule has 1 saturated heterocycles. The summed E-state index contributed by atoms with van der Waals surface area (Å²) in [7, 11) is -3.47. The third kappa shape index (κ3) is 2.42. The van der Waals surface area contributed by atoms with E-state index in [1.165, 1.54) is 4.31 Å². The summed E-state index contributed by atoms with van der Waals surface area (Å²) in [6, 6.07) is 6.92. The summed E-state index contributed by atoms with van der Waals surface area (Å²) in [5.74, 6) is 0.209. The van der Waals surface area contributed by atoms with Crippen molar-refractivity contribution in [2.75, 3.05) is 6.54 Å². The Bertz CT molecular complexity index is 749. The minimum absolute atomic E-state index is 0.0731. The number of allylic oxidation sites excluding steroid dienone is 2. The second kappa shape index (κ2) is 5.03. The number of sulfonamides is 1. The van der Waals surface area contributed by atoms with Crippen molar-refractivity contribution in [1.29, 1.82) is 0 Å². The Hall–Kier alpha value is -1.46. The van der Waals surface area contributed by atoms with Gasteiger partial charge in [0.25, 0.3) is 0 Å². The van der Waals surface area contributed by atoms with E-state index in [4.69, 9.17) is 0 Å². The van der Waals surface area contributed by atoms with Crippen molar-refractivity contribution < 1.29 is 13.2 Å². The number of nitrogens with zero attached hydrogens (tertiary/aromatic N) is 1. The summed E-state index contributed by atoms with van der Waals surface area (Å²) < 4.78 is 27.0. The Kier molecular flexibility index (Phi) is 3.53. The van der Waals surface area contributed by atoms with E-state index in [9.17, 15) is 13.2 Å². The first-order valence-electron chi connectivity index (χ1n) is 7.54. The average Bonchev–Trinajstić information content (AvgIpc) is 3.17. The van der Waals surface area contributed by atoms with Crippen LogP contribution in [0.5, 0.6) is 0 Å². The van der Waals surface area contributed by atoms with Crippen LogP contribution < -0.4 is 0 Å². The predicted octanol–water partition coefficient (Wildman–Crippen LogP) is 2.68. The average molecular weight is 319 g/mol. The summed E-state index contributed by atoms with van der Waals surface area (Å²) in [6.45, 7) is 6.20. The standard InChI is InChI=1S/C17H21NO3S/c1-12-4-8-15(9-5-12)22(20,21)18-11-17(18,3)14-7-6-13(2)16(19)10-14/h4-6,8-9,14H,7,10-11H2,1-3H3/t14-,17+,18?/m0/s1. The van der Waals surface area contributed by atoms with E-state index in [1.54, 1.807) is 12.1 Å². The normalized spacial score (nSPS) is 31.8. The summed E-state index contributed by atoms with van der Waals surface area (Å²) >= 11 is 0. The molecule has 1 aliphatic carbocycles. The minimum Gasteiger partial charge on any atom is -0.295 e. The van der Waals surface area contributed by atoms with Gasteiger partial charge in [0.2, 0.25) is 10.0 Å². The molecular weight excluding hydrogens is 298 g/mol. The van der Waals surface area contributed by atoms with Gasteiger partial charge in [-0.05, 0) is 50.8 Å². The molecule has 2 aliphatic rings. The molecule has 1 fully saturated rings. The van der Waals surface area contributed by atoms with E-state index in [1.807, 2.05) is 39.0 Å². The highest BCUT2D eigenvalue weighted by Gasteiger charge is 2.59. The van der Waals surface area contributed by atoms with Crippen molar-refractivity contribution in [2.45, 2.75) is 44.0 Å². The van der Waals surface area contributed by atoms with E-state index < -0.39 is 15.6 Å². The van der Waals surface area contributed by atoms with Crippen molar-refractivity contribution in [3.05, 3.63) is 41.5 Å². The van der Waals surface area contributed by atoms with Gasteiger partial charge in [-0.3, -0.25) is 4.79 Å². The number of benzene rings is 1. The molecule has 0 bridgehead atoms. The second-order valence-electron chi connectivity index (χ2n) is 6.63. The van der Waals surface area contributed by atoms with Crippen LogP contribution in [0.15, 0.2) is 40.8 Å². The number of aryl methyl sites for hydroxylation is 1. The molecule has 0 saturated carbocycles. The van der Waals surface area contributed by atoms with E-state index in [-0.39, 0.29) is 11.7 Å². The fourth-order valence-electron chi connectivity index (χ4n) is 3.16. The highest BCUT2D eigenvalue weighted by Crippen LogP contribution is 2.47. The quantitative estimate of drug-likeness (QED) is 0.805. The molecular formula is C17H21NO3S. The van der Waals surface area contributed by atoms with Gasteiger partial charge in [-0.25, -0.2) is 8.42 Å². The fourth-order valence-corrected chi connectivity index (χ4v) is 5.02. The van der Waals surface area contributed by atoms with E-state index in [0.717, 1.165) is 17.6 Å². The Balaban J connectivity index is 1.83. The van der Waals surface area contributed by atoms with Gasteiger partial charge in [0.15, 0.2) is 5.78 Å². The summed E-state index contributed by atoms with van der Waals surface area (Å²) in [5, 5.41) is 0. The molecule has 0 aromatic heterocycles. The van der Waals surface area contributed by atoms with Gasteiger partial charge >= 0.3 is 0 Å². The number of Topliss-reactive ketones (excluding diaryl/α,β-unsaturated/α-hetero) is 1. The van der Waals surface area contributed by atoms with Crippen molar-refractivity contribution in [3.63, 3.8) is 0 Å². The fraction of sp³-hybridized carbons (Fsp3) is 0.471. The van der Waals surface area contributed by atoms with Gasteiger partial charge in [-0.2, -0.15) is 4.31 Å². The lowest BCUT2D eigenvalue weighted by atomic mass is 9.81. The molecule has 4 nitrogen and oxygen atoms in total. The minimum atomic E-state index is -3.47. The Labute approximate surface area is 131 Å². The predicted molar refractivity (Wildman–Crippen MR) is 85.0 cm³/mol. The molecule has 1 aliphatic heterocycles. The van der Waals surface area contributed by atoms with E-state index in [2.05, 4.69) is 0 Å². The monoisotopic (exact) mass is 319 g/mol. The van der Waals surface area contributed by atoms with Crippen molar-refractivity contribution >= 4 is 15.8 Å². The molecule has 118 valence electrons. The molecule has 1 heterocycles. The van der Waals surface area contributed by atoms with Gasteiger partial charge in [0.1, 0.15) is 0 Å². The molecule has 5 heteroatoms. The van der Waals surface area contributed by atoms with Crippen LogP contribution in [0.3, 0.4) is 0 Å². The molecule has 1 aromatic rings. The van der Waals surface area contributed by atoms with Crippen molar-refractivity contribution in [1.82, 2.24) is 4.31 Å². The van der Waals surface area contributed by atoms with Crippen LogP contribution in [0.1, 0.15) is 32.3 Å². The Morgan fingerprint density at radius 3 is 2.41 bits per heavy atom. The van der Waals surface area contributed by atoms with Crippen LogP contribution in [-0.2, 0) is 14.8 Å². The van der Waals surface area contributed by atoms with E-state index >= 15 is 0 Å². The SMILES string of the molecule is CC1=CC[C@H]([C@@]2(C)CN2S(=O)(=O)c2ccc(C)cc2)CC1=O. The summed E-state index contributed by atoms with van der Waals surface area (Å²) in [4.78, 5) is 12.2. The van der Waals surface area contributed by atoms with Crippen LogP contribution in [0.2, 0.25) is 0 Å². The molecule has 3 atom stereocenters. The van der Waals surface area contributed by atoms with Crippen LogP contribution in [0.25, 0.3) is 0 Å². The first kappa shape index (κ1) is 15.4. The van der Waals surface area contributed by atoms with Crippen LogP contribution in [0.4, 0.5) is 0 Å². The van der Waals surface area contributed by atoms with E-state index in [0.29, 0.717) is 17.9 Å². The first-order chi connectivity index (χ1) is 10.2. The maximum Gasteiger partial charge on any atom is 0.243 e. The third-order valence-corrected chi connectivity index (χ3v) is 6.99. The molecule has 3 rings (SSSR count). The van der Waals surface area contributed by atoms with Gasteiger partial charge in [0, 0.05) is 13.0 Å². The number of hydrogen-bond acceptors (Lipinski definition) is 3. The number of carbonyl (C=O) groups is 1. The van der Waals surface area contributed by atoms with Gasteiger partial charge in [0.05, 0.1) is 10.4 Å². The molecule has 0 spiro atoms. The molecule has 1 unspecified atom stereocenters. The van der Waals surface area contributed by atoms with Gasteiger partial charge < -0.3 is 0 Å². The Morgan fingerprint density at radius 2 is 1.82 bits per heavy atom. The van der Waals surface area contributed by atoms with Crippen molar-refractivity contribution in [3.8, 4) is 0 Å².